The molecule has 0 atom stereocenters. The molecule has 1 aliphatic rings. The van der Waals surface area contributed by atoms with Gasteiger partial charge in [-0.15, -0.1) is 6.58 Å². The van der Waals surface area contributed by atoms with Crippen LogP contribution in [-0.4, -0.2) is 54.3 Å². The summed E-state index contributed by atoms with van der Waals surface area (Å²) < 4.78 is 11.3. The molecule has 0 saturated carbocycles. The lowest BCUT2D eigenvalue weighted by molar-refractivity contribution is 0.0358. The van der Waals surface area contributed by atoms with Crippen molar-refractivity contribution in [3.8, 4) is 5.75 Å². The van der Waals surface area contributed by atoms with Crippen LogP contribution in [0, 0.1) is 0 Å². The molecular formula is C24H27ClN4O2. The molecule has 1 aromatic heterocycles. The summed E-state index contributed by atoms with van der Waals surface area (Å²) in [6.45, 7) is 9.13. The molecular weight excluding hydrogens is 412 g/mol. The zero-order chi connectivity index (χ0) is 21.5. The molecule has 162 valence electrons. The molecule has 4 rings (SSSR count). The van der Waals surface area contributed by atoms with Gasteiger partial charge in [-0.3, -0.25) is 4.90 Å². The lowest BCUT2D eigenvalue weighted by Crippen LogP contribution is -2.37. The third-order valence-corrected chi connectivity index (χ3v) is 5.63. The zero-order valence-corrected chi connectivity index (χ0v) is 18.3. The first-order valence-electron chi connectivity index (χ1n) is 10.6. The summed E-state index contributed by atoms with van der Waals surface area (Å²) in [6, 6.07) is 11.8. The van der Waals surface area contributed by atoms with E-state index < -0.39 is 0 Å². The normalized spacial score (nSPS) is 14.5. The Morgan fingerprint density at radius 3 is 2.84 bits per heavy atom. The summed E-state index contributed by atoms with van der Waals surface area (Å²) in [7, 11) is 0. The van der Waals surface area contributed by atoms with Crippen LogP contribution in [-0.2, 0) is 11.2 Å². The number of fused-ring (bicyclic) bond motifs is 1. The Morgan fingerprint density at radius 1 is 1.16 bits per heavy atom. The number of morpholine rings is 1. The summed E-state index contributed by atoms with van der Waals surface area (Å²) in [4.78, 5) is 11.2. The minimum atomic E-state index is 0.675. The Balaban J connectivity index is 1.39. The highest BCUT2D eigenvalue weighted by atomic mass is 35.5. The molecule has 1 fully saturated rings. The van der Waals surface area contributed by atoms with Crippen LogP contribution in [0.5, 0.6) is 5.75 Å². The molecule has 0 spiro atoms. The van der Waals surface area contributed by atoms with Gasteiger partial charge < -0.3 is 14.8 Å². The number of anilines is 2. The van der Waals surface area contributed by atoms with E-state index in [1.54, 1.807) is 6.33 Å². The largest absolute Gasteiger partial charge is 0.493 e. The first-order valence-corrected chi connectivity index (χ1v) is 10.9. The number of benzene rings is 2. The van der Waals surface area contributed by atoms with Gasteiger partial charge in [-0.1, -0.05) is 23.7 Å². The number of rotatable bonds is 9. The van der Waals surface area contributed by atoms with Crippen molar-refractivity contribution in [2.45, 2.75) is 12.8 Å². The summed E-state index contributed by atoms with van der Waals surface area (Å²) in [6.07, 6.45) is 5.12. The second-order valence-electron chi connectivity index (χ2n) is 7.48. The van der Waals surface area contributed by atoms with Crippen molar-refractivity contribution in [2.75, 3.05) is 44.8 Å². The number of aromatic nitrogens is 2. The fourth-order valence-corrected chi connectivity index (χ4v) is 3.87. The number of allylic oxidation sites excluding steroid dienone is 1. The van der Waals surface area contributed by atoms with Crippen molar-refractivity contribution < 1.29 is 9.47 Å². The van der Waals surface area contributed by atoms with E-state index in [4.69, 9.17) is 21.1 Å². The molecule has 1 N–H and O–H groups in total. The standard InChI is InChI=1S/C24H27ClN4O2/c1-2-4-18-5-6-19(15-22(18)25)28-24-21-8-7-20(16-23(21)26-17-27-24)31-12-3-9-29-10-13-30-14-11-29/h2,5-8,15-17H,1,3-4,9-14H2,(H,26,27,28). The van der Waals surface area contributed by atoms with Crippen molar-refractivity contribution in [3.63, 3.8) is 0 Å². The van der Waals surface area contributed by atoms with Crippen molar-refractivity contribution >= 4 is 34.0 Å². The molecule has 2 aromatic carbocycles. The van der Waals surface area contributed by atoms with E-state index in [0.29, 0.717) is 11.6 Å². The summed E-state index contributed by atoms with van der Waals surface area (Å²) in [5, 5.41) is 4.98. The highest BCUT2D eigenvalue weighted by Crippen LogP contribution is 2.28. The molecule has 2 heterocycles. The van der Waals surface area contributed by atoms with Gasteiger partial charge in [0, 0.05) is 41.8 Å². The Kier molecular flexibility index (Phi) is 7.35. The molecule has 31 heavy (non-hydrogen) atoms. The maximum absolute atomic E-state index is 6.38. The Hall–Kier alpha value is -2.67. The van der Waals surface area contributed by atoms with E-state index in [1.165, 1.54) is 0 Å². The average molecular weight is 439 g/mol. The molecule has 0 unspecified atom stereocenters. The predicted molar refractivity (Wildman–Crippen MR) is 126 cm³/mol. The van der Waals surface area contributed by atoms with Gasteiger partial charge in [0.25, 0.3) is 0 Å². The van der Waals surface area contributed by atoms with Crippen LogP contribution in [0.2, 0.25) is 5.02 Å². The molecule has 0 aliphatic carbocycles. The molecule has 0 bridgehead atoms. The number of nitrogens with one attached hydrogen (secondary N) is 1. The minimum Gasteiger partial charge on any atom is -0.493 e. The summed E-state index contributed by atoms with van der Waals surface area (Å²) in [5.41, 5.74) is 2.75. The molecule has 3 aromatic rings. The number of ether oxygens (including phenoxy) is 2. The monoisotopic (exact) mass is 438 g/mol. The first kappa shape index (κ1) is 21.6. The van der Waals surface area contributed by atoms with Gasteiger partial charge >= 0.3 is 0 Å². The second-order valence-corrected chi connectivity index (χ2v) is 7.89. The maximum atomic E-state index is 6.38. The van der Waals surface area contributed by atoms with Crippen molar-refractivity contribution in [1.29, 1.82) is 0 Å². The van der Waals surface area contributed by atoms with Gasteiger partial charge in [0.2, 0.25) is 0 Å². The van der Waals surface area contributed by atoms with E-state index in [-0.39, 0.29) is 0 Å². The van der Waals surface area contributed by atoms with Crippen LogP contribution in [0.15, 0.2) is 55.4 Å². The van der Waals surface area contributed by atoms with Crippen molar-refractivity contribution in [1.82, 2.24) is 14.9 Å². The minimum absolute atomic E-state index is 0.675. The first-order chi connectivity index (χ1) is 15.2. The number of hydrogen-bond donors (Lipinski definition) is 1. The molecule has 0 amide bonds. The fourth-order valence-electron chi connectivity index (χ4n) is 3.61. The van der Waals surface area contributed by atoms with E-state index in [2.05, 4.69) is 26.8 Å². The SMILES string of the molecule is C=CCc1ccc(Nc2ncnc3cc(OCCCN4CCOCC4)ccc23)cc1Cl. The quantitative estimate of drug-likeness (QED) is 0.380. The number of hydrogen-bond acceptors (Lipinski definition) is 6. The lowest BCUT2D eigenvalue weighted by atomic mass is 10.1. The van der Waals surface area contributed by atoms with Crippen LogP contribution in [0.4, 0.5) is 11.5 Å². The van der Waals surface area contributed by atoms with Crippen LogP contribution < -0.4 is 10.1 Å². The Labute approximate surface area is 187 Å². The van der Waals surface area contributed by atoms with Crippen LogP contribution in [0.1, 0.15) is 12.0 Å². The van der Waals surface area contributed by atoms with Gasteiger partial charge in [-0.05, 0) is 42.7 Å². The van der Waals surface area contributed by atoms with Gasteiger partial charge in [-0.25, -0.2) is 9.97 Å². The third kappa shape index (κ3) is 5.73. The van der Waals surface area contributed by atoms with Crippen molar-refractivity contribution in [2.24, 2.45) is 0 Å². The Bertz CT molecular complexity index is 1040. The highest BCUT2D eigenvalue weighted by Gasteiger charge is 2.10. The van der Waals surface area contributed by atoms with Crippen LogP contribution in [0.25, 0.3) is 10.9 Å². The third-order valence-electron chi connectivity index (χ3n) is 5.28. The molecule has 1 saturated heterocycles. The molecule has 6 nitrogen and oxygen atoms in total. The van der Waals surface area contributed by atoms with Gasteiger partial charge in [-0.2, -0.15) is 0 Å². The van der Waals surface area contributed by atoms with Crippen LogP contribution in [0.3, 0.4) is 0 Å². The van der Waals surface area contributed by atoms with E-state index in [0.717, 1.165) is 79.4 Å². The smallest absolute Gasteiger partial charge is 0.141 e. The van der Waals surface area contributed by atoms with Gasteiger partial charge in [0.15, 0.2) is 0 Å². The van der Waals surface area contributed by atoms with E-state index in [9.17, 15) is 0 Å². The lowest BCUT2D eigenvalue weighted by Gasteiger charge is -2.26. The number of nitrogens with zero attached hydrogens (tertiary/aromatic N) is 3. The van der Waals surface area contributed by atoms with E-state index in [1.807, 2.05) is 42.5 Å². The zero-order valence-electron chi connectivity index (χ0n) is 17.5. The Morgan fingerprint density at radius 2 is 2.03 bits per heavy atom. The molecule has 0 radical (unpaired) electrons. The summed E-state index contributed by atoms with van der Waals surface area (Å²) >= 11 is 6.38. The molecule has 7 heteroatoms. The predicted octanol–water partition coefficient (Wildman–Crippen LogP) is 4.86. The average Bonchev–Trinajstić information content (AvgIpc) is 2.79. The maximum Gasteiger partial charge on any atom is 0.141 e. The van der Waals surface area contributed by atoms with Gasteiger partial charge in [0.05, 0.1) is 25.3 Å². The van der Waals surface area contributed by atoms with Crippen molar-refractivity contribution in [3.05, 3.63) is 66.0 Å². The number of halogens is 1. The topological polar surface area (TPSA) is 59.5 Å². The van der Waals surface area contributed by atoms with E-state index >= 15 is 0 Å². The fraction of sp³-hybridized carbons (Fsp3) is 0.333. The van der Waals surface area contributed by atoms with Crippen LogP contribution >= 0.6 is 11.6 Å². The van der Waals surface area contributed by atoms with Gasteiger partial charge in [0.1, 0.15) is 17.9 Å². The summed E-state index contributed by atoms with van der Waals surface area (Å²) in [5.74, 6) is 1.55. The molecule has 1 aliphatic heterocycles. The second kappa shape index (κ2) is 10.6. The highest BCUT2D eigenvalue weighted by molar-refractivity contribution is 6.31.